The summed E-state index contributed by atoms with van der Waals surface area (Å²) in [5, 5.41) is 8.14. The molecule has 0 saturated carbocycles. The molecule has 0 bridgehead atoms. The van der Waals surface area contributed by atoms with Crippen molar-refractivity contribution in [3.8, 4) is 0 Å². The largest absolute Gasteiger partial charge is 0.352 e. The van der Waals surface area contributed by atoms with E-state index in [1.165, 1.54) is 30.8 Å². The second-order valence-corrected chi connectivity index (χ2v) is 6.16. The van der Waals surface area contributed by atoms with Crippen molar-refractivity contribution < 1.29 is 0 Å². The van der Waals surface area contributed by atoms with E-state index >= 15 is 0 Å². The van der Waals surface area contributed by atoms with Gasteiger partial charge in [-0.25, -0.2) is 0 Å². The summed E-state index contributed by atoms with van der Waals surface area (Å²) >= 11 is 0. The van der Waals surface area contributed by atoms with E-state index in [1.54, 1.807) is 0 Å². The minimum absolute atomic E-state index is 0.577. The molecule has 120 valence electrons. The lowest BCUT2D eigenvalue weighted by molar-refractivity contribution is 0.327. The van der Waals surface area contributed by atoms with Gasteiger partial charge in [0.25, 0.3) is 0 Å². The fraction of sp³-hybridized carbons (Fsp3) is 0.812. The van der Waals surface area contributed by atoms with Crippen LogP contribution in [0.5, 0.6) is 0 Å². The standard InChI is InChI=1S/C16H31N5/c1-6-14-12-19(4)9-8-10-21(14)16-15(11-17-7-2)13(3)18-20(16)5/h14,17H,6-12H2,1-5H3. The molecule has 5 nitrogen and oxygen atoms in total. The van der Waals surface area contributed by atoms with Gasteiger partial charge in [-0.1, -0.05) is 13.8 Å². The van der Waals surface area contributed by atoms with Crippen molar-refractivity contribution in [2.75, 3.05) is 38.1 Å². The van der Waals surface area contributed by atoms with E-state index in [4.69, 9.17) is 0 Å². The van der Waals surface area contributed by atoms with Crippen LogP contribution in [-0.4, -0.2) is 53.9 Å². The number of nitrogens with one attached hydrogen (secondary N) is 1. The van der Waals surface area contributed by atoms with E-state index in [-0.39, 0.29) is 0 Å². The molecule has 1 aliphatic rings. The summed E-state index contributed by atoms with van der Waals surface area (Å²) in [6.45, 7) is 11.9. The van der Waals surface area contributed by atoms with E-state index in [0.717, 1.165) is 31.9 Å². The van der Waals surface area contributed by atoms with Gasteiger partial charge in [0.1, 0.15) is 5.82 Å². The van der Waals surface area contributed by atoms with Crippen LogP contribution in [0.3, 0.4) is 0 Å². The third-order valence-corrected chi connectivity index (χ3v) is 4.51. The molecule has 1 aliphatic heterocycles. The van der Waals surface area contributed by atoms with Gasteiger partial charge in [-0.3, -0.25) is 4.68 Å². The Kier molecular flexibility index (Phi) is 5.65. The molecule has 0 spiro atoms. The molecule has 1 aromatic rings. The van der Waals surface area contributed by atoms with E-state index in [2.05, 4.69) is 59.8 Å². The summed E-state index contributed by atoms with van der Waals surface area (Å²) in [5.41, 5.74) is 2.52. The highest BCUT2D eigenvalue weighted by Gasteiger charge is 2.27. The molecule has 1 atom stereocenters. The summed E-state index contributed by atoms with van der Waals surface area (Å²) in [5.74, 6) is 1.32. The van der Waals surface area contributed by atoms with Crippen LogP contribution in [0.1, 0.15) is 37.9 Å². The molecule has 1 saturated heterocycles. The Bertz CT molecular complexity index is 454. The fourth-order valence-electron chi connectivity index (χ4n) is 3.38. The second-order valence-electron chi connectivity index (χ2n) is 6.16. The van der Waals surface area contributed by atoms with E-state index in [1.807, 2.05) is 0 Å². The van der Waals surface area contributed by atoms with Gasteiger partial charge in [-0.05, 0) is 39.9 Å². The molecule has 2 rings (SSSR count). The quantitative estimate of drug-likeness (QED) is 0.897. The van der Waals surface area contributed by atoms with E-state index < -0.39 is 0 Å². The third-order valence-electron chi connectivity index (χ3n) is 4.51. The minimum Gasteiger partial charge on any atom is -0.352 e. The zero-order chi connectivity index (χ0) is 15.4. The highest BCUT2D eigenvalue weighted by atomic mass is 15.4. The number of nitrogens with zero attached hydrogens (tertiary/aromatic N) is 4. The number of rotatable bonds is 5. The predicted molar refractivity (Wildman–Crippen MR) is 88.9 cm³/mol. The maximum Gasteiger partial charge on any atom is 0.131 e. The Morgan fingerprint density at radius 1 is 1.24 bits per heavy atom. The maximum atomic E-state index is 4.68. The minimum atomic E-state index is 0.577. The first-order valence-electron chi connectivity index (χ1n) is 8.26. The van der Waals surface area contributed by atoms with Crippen LogP contribution in [0.4, 0.5) is 5.82 Å². The molecular weight excluding hydrogens is 262 g/mol. The summed E-state index contributed by atoms with van der Waals surface area (Å²) in [6.07, 6.45) is 2.40. The van der Waals surface area contributed by atoms with Crippen LogP contribution < -0.4 is 10.2 Å². The topological polar surface area (TPSA) is 36.3 Å². The van der Waals surface area contributed by atoms with Gasteiger partial charge in [-0.15, -0.1) is 0 Å². The summed E-state index contributed by atoms with van der Waals surface area (Å²) in [4.78, 5) is 5.05. The molecule has 1 N–H and O–H groups in total. The Labute approximate surface area is 129 Å². The second kappa shape index (κ2) is 7.27. The number of anilines is 1. The smallest absolute Gasteiger partial charge is 0.131 e. The van der Waals surface area contributed by atoms with Gasteiger partial charge >= 0.3 is 0 Å². The Morgan fingerprint density at radius 2 is 2.00 bits per heavy atom. The van der Waals surface area contributed by atoms with Crippen molar-refractivity contribution in [3.63, 3.8) is 0 Å². The molecule has 0 radical (unpaired) electrons. The Morgan fingerprint density at radius 3 is 2.67 bits per heavy atom. The first-order chi connectivity index (χ1) is 10.1. The molecular formula is C16H31N5. The first kappa shape index (κ1) is 16.3. The molecule has 1 unspecified atom stereocenters. The molecule has 0 aromatic carbocycles. The Hall–Kier alpha value is -1.07. The van der Waals surface area contributed by atoms with Crippen LogP contribution in [0.15, 0.2) is 0 Å². The van der Waals surface area contributed by atoms with Crippen LogP contribution in [0.25, 0.3) is 0 Å². The number of hydrogen-bond acceptors (Lipinski definition) is 4. The van der Waals surface area contributed by atoms with Gasteiger partial charge < -0.3 is 15.1 Å². The van der Waals surface area contributed by atoms with E-state index in [9.17, 15) is 0 Å². The molecule has 1 fully saturated rings. The number of aromatic nitrogens is 2. The van der Waals surface area contributed by atoms with E-state index in [0.29, 0.717) is 6.04 Å². The zero-order valence-corrected chi connectivity index (χ0v) is 14.3. The summed E-state index contributed by atoms with van der Waals surface area (Å²) in [6, 6.07) is 0.577. The molecule has 0 aliphatic carbocycles. The zero-order valence-electron chi connectivity index (χ0n) is 14.3. The molecule has 2 heterocycles. The monoisotopic (exact) mass is 293 g/mol. The first-order valence-corrected chi connectivity index (χ1v) is 8.26. The highest BCUT2D eigenvalue weighted by Crippen LogP contribution is 2.27. The lowest BCUT2D eigenvalue weighted by Gasteiger charge is -2.33. The van der Waals surface area contributed by atoms with Crippen molar-refractivity contribution in [1.82, 2.24) is 20.0 Å². The maximum absolute atomic E-state index is 4.68. The fourth-order valence-corrected chi connectivity index (χ4v) is 3.38. The normalized spacial score (nSPS) is 20.8. The molecule has 0 amide bonds. The average molecular weight is 293 g/mol. The van der Waals surface area contributed by atoms with Crippen molar-refractivity contribution in [3.05, 3.63) is 11.3 Å². The van der Waals surface area contributed by atoms with Crippen LogP contribution >= 0.6 is 0 Å². The van der Waals surface area contributed by atoms with Gasteiger partial charge in [-0.2, -0.15) is 5.10 Å². The van der Waals surface area contributed by atoms with Crippen LogP contribution in [0.2, 0.25) is 0 Å². The highest BCUT2D eigenvalue weighted by molar-refractivity contribution is 5.51. The lowest BCUT2D eigenvalue weighted by Crippen LogP contribution is -2.41. The third kappa shape index (κ3) is 3.58. The number of aryl methyl sites for hydroxylation is 2. The van der Waals surface area contributed by atoms with Gasteiger partial charge in [0.15, 0.2) is 0 Å². The Balaban J connectivity index is 2.33. The number of hydrogen-bond donors (Lipinski definition) is 1. The predicted octanol–water partition coefficient (Wildman–Crippen LogP) is 1.76. The SMILES string of the molecule is CCNCc1c(C)nn(C)c1N1CCCN(C)CC1CC. The van der Waals surface area contributed by atoms with Crippen LogP contribution in [0, 0.1) is 6.92 Å². The van der Waals surface area contributed by atoms with Gasteiger partial charge in [0, 0.05) is 38.3 Å². The summed E-state index contributed by atoms with van der Waals surface area (Å²) < 4.78 is 2.08. The molecule has 1 aromatic heterocycles. The van der Waals surface area contributed by atoms with Crippen molar-refractivity contribution in [1.29, 1.82) is 0 Å². The molecule has 21 heavy (non-hydrogen) atoms. The average Bonchev–Trinajstić information content (AvgIpc) is 2.61. The van der Waals surface area contributed by atoms with Crippen molar-refractivity contribution in [2.45, 2.75) is 46.2 Å². The van der Waals surface area contributed by atoms with Crippen molar-refractivity contribution in [2.24, 2.45) is 7.05 Å². The lowest BCUT2D eigenvalue weighted by atomic mass is 10.1. The van der Waals surface area contributed by atoms with Crippen LogP contribution in [-0.2, 0) is 13.6 Å². The number of likely N-dealkylation sites (N-methyl/N-ethyl adjacent to an activating group) is 1. The van der Waals surface area contributed by atoms with Crippen molar-refractivity contribution >= 4 is 5.82 Å². The van der Waals surface area contributed by atoms with Gasteiger partial charge in [0.05, 0.1) is 5.69 Å². The summed E-state index contributed by atoms with van der Waals surface area (Å²) in [7, 11) is 4.32. The molecule has 5 heteroatoms. The van der Waals surface area contributed by atoms with Gasteiger partial charge in [0.2, 0.25) is 0 Å².